The van der Waals surface area contributed by atoms with Gasteiger partial charge in [-0.05, 0) is 30.8 Å². The first-order valence-electron chi connectivity index (χ1n) is 5.50. The van der Waals surface area contributed by atoms with E-state index in [2.05, 4.69) is 16.0 Å². The lowest BCUT2D eigenvalue weighted by Gasteiger charge is -2.07. The van der Waals surface area contributed by atoms with Gasteiger partial charge in [-0.15, -0.1) is 12.4 Å². The summed E-state index contributed by atoms with van der Waals surface area (Å²) >= 11 is 0. The zero-order chi connectivity index (χ0) is 12.7. The van der Waals surface area contributed by atoms with Gasteiger partial charge in [-0.25, -0.2) is 0 Å². The summed E-state index contributed by atoms with van der Waals surface area (Å²) in [5.74, 6) is -0.201. The van der Waals surface area contributed by atoms with Crippen LogP contribution in [0.4, 0.5) is 11.4 Å². The highest BCUT2D eigenvalue weighted by molar-refractivity contribution is 5.93. The molecule has 0 saturated heterocycles. The standard InChI is InChI=1S/C12H17N3O2.ClH/c1-3-13-8-12(17)15-11-6-4-10(5-7-11)14-9(2)16;/h4-7,13H,3,8H2,1-2H3,(H,14,16)(H,15,17);1H. The third kappa shape index (κ3) is 6.22. The third-order valence-corrected chi connectivity index (χ3v) is 2.02. The van der Waals surface area contributed by atoms with Crippen LogP contribution in [-0.2, 0) is 9.59 Å². The Hall–Kier alpha value is -1.59. The van der Waals surface area contributed by atoms with Gasteiger partial charge in [0.15, 0.2) is 0 Å². The second-order valence-electron chi connectivity index (χ2n) is 3.59. The Morgan fingerprint density at radius 1 is 1.06 bits per heavy atom. The second kappa shape index (κ2) is 8.49. The predicted octanol–water partition coefficient (Wildman–Crippen LogP) is 1.61. The van der Waals surface area contributed by atoms with Crippen LogP contribution in [0.1, 0.15) is 13.8 Å². The molecule has 1 aromatic carbocycles. The van der Waals surface area contributed by atoms with Crippen LogP contribution in [0.25, 0.3) is 0 Å². The molecule has 0 saturated carbocycles. The molecule has 5 nitrogen and oxygen atoms in total. The van der Waals surface area contributed by atoms with E-state index in [0.29, 0.717) is 17.9 Å². The van der Waals surface area contributed by atoms with Gasteiger partial charge in [0.25, 0.3) is 0 Å². The van der Waals surface area contributed by atoms with Crippen molar-refractivity contribution in [1.82, 2.24) is 5.32 Å². The minimum atomic E-state index is -0.117. The first-order chi connectivity index (χ1) is 8.11. The van der Waals surface area contributed by atoms with Crippen LogP contribution in [0, 0.1) is 0 Å². The van der Waals surface area contributed by atoms with Gasteiger partial charge in [0, 0.05) is 18.3 Å². The predicted molar refractivity (Wildman–Crippen MR) is 75.2 cm³/mol. The lowest BCUT2D eigenvalue weighted by Crippen LogP contribution is -2.27. The summed E-state index contributed by atoms with van der Waals surface area (Å²) in [6.45, 7) is 4.44. The molecule has 0 fully saturated rings. The average molecular weight is 272 g/mol. The van der Waals surface area contributed by atoms with Gasteiger partial charge in [0.1, 0.15) is 0 Å². The molecule has 0 atom stereocenters. The van der Waals surface area contributed by atoms with Crippen molar-refractivity contribution in [2.45, 2.75) is 13.8 Å². The zero-order valence-corrected chi connectivity index (χ0v) is 11.3. The molecule has 0 aliphatic carbocycles. The van der Waals surface area contributed by atoms with E-state index >= 15 is 0 Å². The maximum atomic E-state index is 11.4. The molecule has 0 heterocycles. The highest BCUT2D eigenvalue weighted by Gasteiger charge is 2.01. The van der Waals surface area contributed by atoms with Gasteiger partial charge in [0.2, 0.25) is 11.8 Å². The number of carbonyl (C=O) groups excluding carboxylic acids is 2. The zero-order valence-electron chi connectivity index (χ0n) is 10.4. The fourth-order valence-electron chi connectivity index (χ4n) is 1.28. The SMILES string of the molecule is CCNCC(=O)Nc1ccc(NC(C)=O)cc1.Cl. The average Bonchev–Trinajstić information content (AvgIpc) is 2.28. The van der Waals surface area contributed by atoms with Gasteiger partial charge >= 0.3 is 0 Å². The Morgan fingerprint density at radius 2 is 1.56 bits per heavy atom. The molecule has 0 unspecified atom stereocenters. The number of hydrogen-bond acceptors (Lipinski definition) is 3. The molecule has 0 aromatic heterocycles. The van der Waals surface area contributed by atoms with Gasteiger partial charge in [-0.3, -0.25) is 9.59 Å². The molecule has 3 N–H and O–H groups in total. The van der Waals surface area contributed by atoms with Gasteiger partial charge in [0.05, 0.1) is 6.54 Å². The van der Waals surface area contributed by atoms with E-state index < -0.39 is 0 Å². The van der Waals surface area contributed by atoms with Crippen LogP contribution in [0.3, 0.4) is 0 Å². The fraction of sp³-hybridized carbons (Fsp3) is 0.333. The molecule has 100 valence electrons. The van der Waals surface area contributed by atoms with E-state index in [-0.39, 0.29) is 24.2 Å². The Morgan fingerprint density at radius 3 is 2.00 bits per heavy atom. The van der Waals surface area contributed by atoms with Crippen LogP contribution < -0.4 is 16.0 Å². The molecule has 0 aliphatic heterocycles. The van der Waals surface area contributed by atoms with Crippen molar-refractivity contribution in [2.24, 2.45) is 0 Å². The summed E-state index contributed by atoms with van der Waals surface area (Å²) in [4.78, 5) is 22.2. The van der Waals surface area contributed by atoms with Crippen molar-refractivity contribution < 1.29 is 9.59 Å². The Kier molecular flexibility index (Phi) is 7.74. The van der Waals surface area contributed by atoms with Crippen molar-refractivity contribution in [3.63, 3.8) is 0 Å². The number of benzene rings is 1. The van der Waals surface area contributed by atoms with E-state index in [1.165, 1.54) is 6.92 Å². The lowest BCUT2D eigenvalue weighted by molar-refractivity contribution is -0.115. The Labute approximate surface area is 113 Å². The highest BCUT2D eigenvalue weighted by atomic mass is 35.5. The molecule has 0 aliphatic rings. The highest BCUT2D eigenvalue weighted by Crippen LogP contribution is 2.13. The van der Waals surface area contributed by atoms with Crippen molar-refractivity contribution in [1.29, 1.82) is 0 Å². The number of likely N-dealkylation sites (N-methyl/N-ethyl adjacent to an activating group) is 1. The van der Waals surface area contributed by atoms with E-state index in [1.807, 2.05) is 6.92 Å². The maximum Gasteiger partial charge on any atom is 0.238 e. The van der Waals surface area contributed by atoms with Crippen molar-refractivity contribution in [3.05, 3.63) is 24.3 Å². The molecular weight excluding hydrogens is 254 g/mol. The number of halogens is 1. The van der Waals surface area contributed by atoms with Crippen LogP contribution in [0.2, 0.25) is 0 Å². The van der Waals surface area contributed by atoms with Crippen molar-refractivity contribution in [3.8, 4) is 0 Å². The summed E-state index contributed by atoms with van der Waals surface area (Å²) in [7, 11) is 0. The Bertz CT molecular complexity index is 393. The quantitative estimate of drug-likeness (QED) is 0.762. The van der Waals surface area contributed by atoms with E-state index in [0.717, 1.165) is 6.54 Å². The summed E-state index contributed by atoms with van der Waals surface area (Å²) in [6, 6.07) is 6.97. The second-order valence-corrected chi connectivity index (χ2v) is 3.59. The number of hydrogen-bond donors (Lipinski definition) is 3. The van der Waals surface area contributed by atoms with Crippen LogP contribution in [0.5, 0.6) is 0 Å². The smallest absolute Gasteiger partial charge is 0.238 e. The van der Waals surface area contributed by atoms with Gasteiger partial charge in [-0.2, -0.15) is 0 Å². The van der Waals surface area contributed by atoms with E-state index in [4.69, 9.17) is 0 Å². The van der Waals surface area contributed by atoms with Crippen molar-refractivity contribution >= 4 is 35.6 Å². The molecule has 18 heavy (non-hydrogen) atoms. The molecule has 0 spiro atoms. The summed E-state index contributed by atoms with van der Waals surface area (Å²) < 4.78 is 0. The number of nitrogens with one attached hydrogen (secondary N) is 3. The minimum absolute atomic E-state index is 0. The van der Waals surface area contributed by atoms with Crippen LogP contribution in [-0.4, -0.2) is 24.9 Å². The largest absolute Gasteiger partial charge is 0.326 e. The monoisotopic (exact) mass is 271 g/mol. The normalized spacial score (nSPS) is 9.22. The fourth-order valence-corrected chi connectivity index (χ4v) is 1.28. The molecule has 1 aromatic rings. The first-order valence-corrected chi connectivity index (χ1v) is 5.50. The van der Waals surface area contributed by atoms with Gasteiger partial charge in [-0.1, -0.05) is 6.92 Å². The summed E-state index contributed by atoms with van der Waals surface area (Å²) in [6.07, 6.45) is 0. The molecular formula is C12H18ClN3O2. The maximum absolute atomic E-state index is 11.4. The van der Waals surface area contributed by atoms with E-state index in [9.17, 15) is 9.59 Å². The summed E-state index contributed by atoms with van der Waals surface area (Å²) in [5, 5.41) is 8.34. The van der Waals surface area contributed by atoms with Gasteiger partial charge < -0.3 is 16.0 Å². The van der Waals surface area contributed by atoms with E-state index in [1.54, 1.807) is 24.3 Å². The topological polar surface area (TPSA) is 70.2 Å². The van der Waals surface area contributed by atoms with Crippen LogP contribution in [0.15, 0.2) is 24.3 Å². The summed E-state index contributed by atoms with van der Waals surface area (Å²) in [5.41, 5.74) is 1.42. The number of carbonyl (C=O) groups is 2. The third-order valence-electron chi connectivity index (χ3n) is 2.02. The van der Waals surface area contributed by atoms with Crippen LogP contribution >= 0.6 is 12.4 Å². The van der Waals surface area contributed by atoms with Crippen molar-refractivity contribution in [2.75, 3.05) is 23.7 Å². The number of anilines is 2. The number of amides is 2. The number of rotatable bonds is 5. The molecule has 2 amide bonds. The first kappa shape index (κ1) is 16.4. The molecule has 0 radical (unpaired) electrons. The molecule has 0 bridgehead atoms. The Balaban J connectivity index is 0.00000289. The minimum Gasteiger partial charge on any atom is -0.326 e. The molecule has 6 heteroatoms. The molecule has 1 rings (SSSR count). The lowest BCUT2D eigenvalue weighted by atomic mass is 10.2.